The van der Waals surface area contributed by atoms with E-state index in [0.717, 1.165) is 64.3 Å². The molecule has 0 aromatic carbocycles. The number of rotatable bonds is 18. The Balaban J connectivity index is 2.44. The highest BCUT2D eigenvalue weighted by Crippen LogP contribution is 2.23. The van der Waals surface area contributed by atoms with Gasteiger partial charge in [-0.05, 0) is 45.6 Å². The van der Waals surface area contributed by atoms with Gasteiger partial charge >= 0.3 is 11.7 Å². The molecule has 3 N–H and O–H groups in total. The van der Waals surface area contributed by atoms with Gasteiger partial charge in [-0.15, -0.1) is 0 Å². The number of nitrogens with one attached hydrogen (secondary N) is 1. The Morgan fingerprint density at radius 1 is 1.06 bits per heavy atom. The summed E-state index contributed by atoms with van der Waals surface area (Å²) in [5.41, 5.74) is -0.368. The van der Waals surface area contributed by atoms with Crippen LogP contribution in [-0.2, 0) is 29.5 Å². The first-order chi connectivity index (χ1) is 15.2. The lowest BCUT2D eigenvalue weighted by molar-refractivity contribution is -0.139. The van der Waals surface area contributed by atoms with Gasteiger partial charge in [-0.1, -0.05) is 51.9 Å². The molecule has 0 amide bonds. The molecular formula is C24H45N3O5. The van der Waals surface area contributed by atoms with Gasteiger partial charge in [0, 0.05) is 13.6 Å². The van der Waals surface area contributed by atoms with Crippen LogP contribution in [-0.4, -0.2) is 51.1 Å². The van der Waals surface area contributed by atoms with Crippen molar-refractivity contribution in [3.05, 3.63) is 16.2 Å². The van der Waals surface area contributed by atoms with Gasteiger partial charge in [-0.2, -0.15) is 0 Å². The highest BCUT2D eigenvalue weighted by Gasteiger charge is 2.23. The van der Waals surface area contributed by atoms with E-state index in [-0.39, 0.29) is 24.1 Å². The van der Waals surface area contributed by atoms with Crippen molar-refractivity contribution in [2.24, 2.45) is 7.05 Å². The van der Waals surface area contributed by atoms with E-state index in [1.54, 1.807) is 11.6 Å². The van der Waals surface area contributed by atoms with Crippen LogP contribution in [0.5, 0.6) is 5.88 Å². The van der Waals surface area contributed by atoms with Crippen LogP contribution in [0.25, 0.3) is 0 Å². The summed E-state index contributed by atoms with van der Waals surface area (Å²) in [5.74, 6) is -0.221. The van der Waals surface area contributed by atoms with Crippen LogP contribution in [0.3, 0.4) is 0 Å². The topological polar surface area (TPSA) is 106 Å². The fourth-order valence-corrected chi connectivity index (χ4v) is 3.92. The number of methoxy groups -OCH3 is 1. The molecule has 1 heterocycles. The average molecular weight is 456 g/mol. The number of esters is 1. The second-order valence-corrected chi connectivity index (χ2v) is 9.09. The summed E-state index contributed by atoms with van der Waals surface area (Å²) in [5, 5.41) is 24.2. The van der Waals surface area contributed by atoms with E-state index in [9.17, 15) is 19.8 Å². The summed E-state index contributed by atoms with van der Waals surface area (Å²) in [4.78, 5) is 23.6. The molecule has 1 aromatic heterocycles. The number of aromatic hydroxyl groups is 1. The van der Waals surface area contributed by atoms with Crippen LogP contribution in [0.15, 0.2) is 4.79 Å². The molecule has 0 aliphatic carbocycles. The predicted octanol–water partition coefficient (Wildman–Crippen LogP) is 3.26. The summed E-state index contributed by atoms with van der Waals surface area (Å²) in [6, 6.07) is 0. The van der Waals surface area contributed by atoms with E-state index in [0.29, 0.717) is 25.1 Å². The van der Waals surface area contributed by atoms with Crippen molar-refractivity contribution in [2.45, 2.75) is 103 Å². The van der Waals surface area contributed by atoms with Gasteiger partial charge in [0.2, 0.25) is 5.88 Å². The number of nitrogens with zero attached hydrogens (tertiary/aromatic N) is 2. The molecule has 186 valence electrons. The number of imidazole rings is 1. The van der Waals surface area contributed by atoms with Crippen molar-refractivity contribution >= 4 is 5.97 Å². The monoisotopic (exact) mass is 455 g/mol. The maximum absolute atomic E-state index is 12.6. The van der Waals surface area contributed by atoms with Crippen LogP contribution >= 0.6 is 0 Å². The molecule has 0 aliphatic heterocycles. The fourth-order valence-electron chi connectivity index (χ4n) is 3.92. The fraction of sp³-hybridized carbons (Fsp3) is 0.833. The number of ether oxygens (including phenoxy) is 1. The first-order valence-electron chi connectivity index (χ1n) is 12.2. The normalized spacial score (nSPS) is 13.3. The second-order valence-electron chi connectivity index (χ2n) is 9.09. The van der Waals surface area contributed by atoms with Gasteiger partial charge in [-0.25, -0.2) is 4.79 Å². The average Bonchev–Trinajstić information content (AvgIpc) is 2.97. The lowest BCUT2D eigenvalue weighted by Crippen LogP contribution is -2.30. The SMILES string of the molecule is CCCCCCC(C)(O)CCn1c(CCCCCCCNCC(=O)OC)c(O)n(C)c1=O. The molecule has 32 heavy (non-hydrogen) atoms. The highest BCUT2D eigenvalue weighted by atomic mass is 16.5. The first kappa shape index (κ1) is 28.2. The van der Waals surface area contributed by atoms with E-state index < -0.39 is 5.60 Å². The zero-order chi connectivity index (χ0) is 24.0. The third-order valence-electron chi connectivity index (χ3n) is 6.13. The Morgan fingerprint density at radius 2 is 1.72 bits per heavy atom. The Morgan fingerprint density at radius 3 is 2.41 bits per heavy atom. The molecule has 1 aromatic rings. The van der Waals surface area contributed by atoms with Crippen LogP contribution in [0.2, 0.25) is 0 Å². The summed E-state index contributed by atoms with van der Waals surface area (Å²) < 4.78 is 7.50. The Labute approximate surface area is 193 Å². The number of hydrogen-bond acceptors (Lipinski definition) is 6. The number of hydrogen-bond donors (Lipinski definition) is 3. The highest BCUT2D eigenvalue weighted by molar-refractivity contribution is 5.71. The van der Waals surface area contributed by atoms with Crippen LogP contribution in [0.1, 0.15) is 90.2 Å². The molecular weight excluding hydrogens is 410 g/mol. The maximum atomic E-state index is 12.6. The summed E-state index contributed by atoms with van der Waals surface area (Å²) in [7, 11) is 2.97. The number of aromatic nitrogens is 2. The van der Waals surface area contributed by atoms with Crippen molar-refractivity contribution < 1.29 is 19.7 Å². The molecule has 0 spiro atoms. The van der Waals surface area contributed by atoms with Crippen molar-refractivity contribution in [3.8, 4) is 5.88 Å². The molecule has 1 unspecified atom stereocenters. The number of carbonyl (C=O) groups is 1. The van der Waals surface area contributed by atoms with Gasteiger partial charge in [0.15, 0.2) is 0 Å². The zero-order valence-corrected chi connectivity index (χ0v) is 20.6. The lowest BCUT2D eigenvalue weighted by Gasteiger charge is -2.23. The first-order valence-corrected chi connectivity index (χ1v) is 12.2. The van der Waals surface area contributed by atoms with E-state index >= 15 is 0 Å². The minimum absolute atomic E-state index is 0.0320. The maximum Gasteiger partial charge on any atom is 0.331 e. The molecule has 0 radical (unpaired) electrons. The summed E-state index contributed by atoms with van der Waals surface area (Å²) >= 11 is 0. The largest absolute Gasteiger partial charge is 0.493 e. The van der Waals surface area contributed by atoms with Gasteiger partial charge in [0.05, 0.1) is 24.9 Å². The van der Waals surface area contributed by atoms with Gasteiger partial charge in [-0.3, -0.25) is 13.9 Å². The molecule has 0 aliphatic rings. The lowest BCUT2D eigenvalue weighted by atomic mass is 9.94. The Bertz CT molecular complexity index is 724. The summed E-state index contributed by atoms with van der Waals surface area (Å²) in [6.45, 7) is 5.44. The quantitative estimate of drug-likeness (QED) is 0.232. The number of carbonyl (C=O) groups excluding carboxylic acids is 1. The molecule has 1 atom stereocenters. The minimum Gasteiger partial charge on any atom is -0.493 e. The second kappa shape index (κ2) is 15.1. The Kier molecular flexibility index (Phi) is 13.3. The van der Waals surface area contributed by atoms with E-state index in [4.69, 9.17) is 0 Å². The molecule has 0 saturated carbocycles. The summed E-state index contributed by atoms with van der Waals surface area (Å²) in [6.07, 6.45) is 11.3. The number of aliphatic hydroxyl groups is 1. The molecule has 8 nitrogen and oxygen atoms in total. The van der Waals surface area contributed by atoms with Gasteiger partial charge < -0.3 is 20.3 Å². The van der Waals surface area contributed by atoms with Crippen molar-refractivity contribution in [3.63, 3.8) is 0 Å². The molecule has 8 heteroatoms. The van der Waals surface area contributed by atoms with Crippen LogP contribution in [0.4, 0.5) is 0 Å². The van der Waals surface area contributed by atoms with Crippen LogP contribution < -0.4 is 11.0 Å². The smallest absolute Gasteiger partial charge is 0.331 e. The molecule has 0 bridgehead atoms. The van der Waals surface area contributed by atoms with Gasteiger partial charge in [0.1, 0.15) is 0 Å². The van der Waals surface area contributed by atoms with E-state index in [2.05, 4.69) is 17.0 Å². The minimum atomic E-state index is -0.808. The van der Waals surface area contributed by atoms with Gasteiger partial charge in [0.25, 0.3) is 0 Å². The van der Waals surface area contributed by atoms with E-state index in [1.807, 2.05) is 6.92 Å². The van der Waals surface area contributed by atoms with Crippen LogP contribution in [0, 0.1) is 0 Å². The van der Waals surface area contributed by atoms with Crippen molar-refractivity contribution in [1.82, 2.24) is 14.5 Å². The third kappa shape index (κ3) is 10.2. The van der Waals surface area contributed by atoms with Crippen molar-refractivity contribution in [2.75, 3.05) is 20.2 Å². The standard InChI is InChI=1S/C24H45N3O5/c1-5-6-7-12-15-24(2,31)16-18-27-20(22(29)26(3)23(27)30)14-11-9-8-10-13-17-25-19-21(28)32-4/h25,29,31H,5-19H2,1-4H3. The predicted molar refractivity (Wildman–Crippen MR) is 127 cm³/mol. The Hall–Kier alpha value is -1.80. The third-order valence-corrected chi connectivity index (χ3v) is 6.13. The zero-order valence-electron chi connectivity index (χ0n) is 20.6. The van der Waals surface area contributed by atoms with Crippen molar-refractivity contribution in [1.29, 1.82) is 0 Å². The molecule has 0 saturated heterocycles. The van der Waals surface area contributed by atoms with E-state index in [1.165, 1.54) is 18.1 Å². The number of unbranched alkanes of at least 4 members (excludes halogenated alkanes) is 7. The molecule has 0 fully saturated rings. The molecule has 1 rings (SSSR count).